The van der Waals surface area contributed by atoms with E-state index in [1.54, 1.807) is 24.3 Å². The molecule has 0 bridgehead atoms. The van der Waals surface area contributed by atoms with Crippen LogP contribution in [0.4, 0.5) is 18.9 Å². The van der Waals surface area contributed by atoms with Crippen molar-refractivity contribution in [1.82, 2.24) is 0 Å². The Bertz CT molecular complexity index is 896. The van der Waals surface area contributed by atoms with Crippen molar-refractivity contribution in [3.05, 3.63) is 70.3 Å². The van der Waals surface area contributed by atoms with E-state index in [2.05, 4.69) is 0 Å². The molecule has 0 N–H and O–H groups in total. The van der Waals surface area contributed by atoms with Crippen LogP contribution in [-0.2, 0) is 4.79 Å². The fraction of sp³-hybridized carbons (Fsp3) is 0.158. The number of methoxy groups -OCH3 is 1. The van der Waals surface area contributed by atoms with Gasteiger partial charge in [0.15, 0.2) is 5.78 Å². The van der Waals surface area contributed by atoms with Crippen molar-refractivity contribution in [3.8, 4) is 5.75 Å². The fourth-order valence-electron chi connectivity index (χ4n) is 2.17. The minimum Gasteiger partial charge on any atom is -0.497 e. The van der Waals surface area contributed by atoms with E-state index < -0.39 is 17.7 Å². The van der Waals surface area contributed by atoms with Gasteiger partial charge in [-0.25, -0.2) is 0 Å². The molecule has 0 fully saturated rings. The number of Topliss-reactive ketones (excluding diaryl/α,β-unsaturated/α-hetero) is 1. The normalized spacial score (nSPS) is 11.5. The van der Waals surface area contributed by atoms with Crippen LogP contribution in [0.25, 0.3) is 0 Å². The second-order valence-corrected chi connectivity index (χ2v) is 6.37. The van der Waals surface area contributed by atoms with Crippen molar-refractivity contribution < 1.29 is 27.5 Å². The SMILES string of the molecule is COc1ccc(N(/C=C/C(=O)C(F)(F)F)CC(=O)c2ccc(Cl)c(Cl)c2)cc1. The quantitative estimate of drug-likeness (QED) is 0.438. The smallest absolute Gasteiger partial charge is 0.454 e. The molecule has 2 aromatic rings. The van der Waals surface area contributed by atoms with Crippen LogP contribution in [0.15, 0.2) is 54.7 Å². The van der Waals surface area contributed by atoms with Crippen LogP contribution in [0.3, 0.4) is 0 Å². The number of ketones is 2. The molecule has 9 heteroatoms. The molecule has 0 spiro atoms. The summed E-state index contributed by atoms with van der Waals surface area (Å²) in [4.78, 5) is 24.9. The number of hydrogen-bond donors (Lipinski definition) is 0. The molecule has 2 rings (SSSR count). The zero-order chi connectivity index (χ0) is 20.9. The fourth-order valence-corrected chi connectivity index (χ4v) is 2.47. The molecule has 0 radical (unpaired) electrons. The first kappa shape index (κ1) is 21.8. The summed E-state index contributed by atoms with van der Waals surface area (Å²) in [6.45, 7) is -0.327. The molecule has 0 saturated heterocycles. The predicted octanol–water partition coefficient (Wildman–Crippen LogP) is 5.34. The largest absolute Gasteiger partial charge is 0.497 e. The summed E-state index contributed by atoms with van der Waals surface area (Å²) in [5, 5.41) is 0.437. The molecule has 0 atom stereocenters. The summed E-state index contributed by atoms with van der Waals surface area (Å²) in [6.07, 6.45) is -3.73. The van der Waals surface area contributed by atoms with Gasteiger partial charge in [-0.15, -0.1) is 0 Å². The molecule has 0 aliphatic carbocycles. The van der Waals surface area contributed by atoms with Gasteiger partial charge in [0, 0.05) is 23.5 Å². The van der Waals surface area contributed by atoms with E-state index in [9.17, 15) is 22.8 Å². The standard InChI is InChI=1S/C19H14Cl2F3NO3/c1-28-14-5-3-13(4-6-14)25(9-8-18(27)19(22,23)24)11-17(26)12-2-7-15(20)16(21)10-12/h2-10H,11H2,1H3/b9-8+. The zero-order valence-electron chi connectivity index (χ0n) is 14.5. The van der Waals surface area contributed by atoms with Crippen molar-refractivity contribution >= 4 is 40.5 Å². The van der Waals surface area contributed by atoms with E-state index in [0.717, 1.165) is 6.20 Å². The second kappa shape index (κ2) is 9.12. The Balaban J connectivity index is 2.31. The molecule has 0 unspecified atom stereocenters. The average Bonchev–Trinajstić information content (AvgIpc) is 2.66. The topological polar surface area (TPSA) is 46.6 Å². The molecule has 0 aromatic heterocycles. The summed E-state index contributed by atoms with van der Waals surface area (Å²) in [7, 11) is 1.46. The van der Waals surface area contributed by atoms with Crippen molar-refractivity contribution in [3.63, 3.8) is 0 Å². The molecule has 4 nitrogen and oxygen atoms in total. The van der Waals surface area contributed by atoms with Gasteiger partial charge < -0.3 is 9.64 Å². The third-order valence-electron chi connectivity index (χ3n) is 3.64. The molecule has 0 heterocycles. The summed E-state index contributed by atoms with van der Waals surface area (Å²) in [5.41, 5.74) is 0.615. The van der Waals surface area contributed by atoms with Crippen molar-refractivity contribution in [1.29, 1.82) is 0 Å². The van der Waals surface area contributed by atoms with Gasteiger partial charge in [0.2, 0.25) is 0 Å². The van der Waals surface area contributed by atoms with E-state index in [1.165, 1.54) is 30.2 Å². The van der Waals surface area contributed by atoms with Crippen LogP contribution in [0.2, 0.25) is 10.0 Å². The van der Waals surface area contributed by atoms with Gasteiger partial charge in [-0.05, 0) is 42.5 Å². The highest BCUT2D eigenvalue weighted by molar-refractivity contribution is 6.42. The first-order valence-corrected chi connectivity index (χ1v) is 8.55. The first-order chi connectivity index (χ1) is 13.1. The van der Waals surface area contributed by atoms with E-state index in [-0.39, 0.29) is 22.2 Å². The summed E-state index contributed by atoms with van der Waals surface area (Å²) < 4.78 is 42.5. The van der Waals surface area contributed by atoms with Crippen LogP contribution >= 0.6 is 23.2 Å². The number of rotatable bonds is 7. The Kier molecular flexibility index (Phi) is 7.10. The van der Waals surface area contributed by atoms with Gasteiger partial charge in [0.25, 0.3) is 5.78 Å². The van der Waals surface area contributed by atoms with Gasteiger partial charge in [-0.2, -0.15) is 13.2 Å². The number of benzene rings is 2. The highest BCUT2D eigenvalue weighted by Gasteiger charge is 2.36. The molecular weight excluding hydrogens is 418 g/mol. The van der Waals surface area contributed by atoms with Gasteiger partial charge >= 0.3 is 6.18 Å². The number of ether oxygens (including phenoxy) is 1. The molecule has 148 valence electrons. The van der Waals surface area contributed by atoms with Crippen molar-refractivity contribution in [2.24, 2.45) is 0 Å². The molecule has 0 aliphatic rings. The Labute approximate surface area is 169 Å². The monoisotopic (exact) mass is 431 g/mol. The maximum absolute atomic E-state index is 12.5. The highest BCUT2D eigenvalue weighted by atomic mass is 35.5. The molecule has 2 aromatic carbocycles. The highest BCUT2D eigenvalue weighted by Crippen LogP contribution is 2.25. The number of halogens is 5. The number of hydrogen-bond acceptors (Lipinski definition) is 4. The Morgan fingerprint density at radius 3 is 2.25 bits per heavy atom. The Morgan fingerprint density at radius 2 is 1.71 bits per heavy atom. The van der Waals surface area contributed by atoms with Crippen LogP contribution in [0.5, 0.6) is 5.75 Å². The lowest BCUT2D eigenvalue weighted by Crippen LogP contribution is -2.26. The van der Waals surface area contributed by atoms with Crippen LogP contribution in [0, 0.1) is 0 Å². The summed E-state index contributed by atoms with van der Waals surface area (Å²) in [6, 6.07) is 10.5. The second-order valence-electron chi connectivity index (χ2n) is 5.56. The third kappa shape index (κ3) is 5.74. The number of carbonyl (C=O) groups excluding carboxylic acids is 2. The van der Waals surface area contributed by atoms with Crippen molar-refractivity contribution in [2.45, 2.75) is 6.18 Å². The molecule has 28 heavy (non-hydrogen) atoms. The number of allylic oxidation sites excluding steroid dienone is 1. The molecule has 0 aliphatic heterocycles. The number of anilines is 1. The number of carbonyl (C=O) groups is 2. The van der Waals surface area contributed by atoms with E-state index in [1.807, 2.05) is 0 Å². The van der Waals surface area contributed by atoms with Crippen LogP contribution < -0.4 is 9.64 Å². The molecular formula is C19H14Cl2F3NO3. The maximum Gasteiger partial charge on any atom is 0.454 e. The van der Waals surface area contributed by atoms with E-state index >= 15 is 0 Å². The molecule has 0 saturated carbocycles. The first-order valence-electron chi connectivity index (χ1n) is 7.80. The lowest BCUT2D eigenvalue weighted by molar-refractivity contribution is -0.165. The maximum atomic E-state index is 12.5. The third-order valence-corrected chi connectivity index (χ3v) is 4.38. The predicted molar refractivity (Wildman–Crippen MR) is 101 cm³/mol. The lowest BCUT2D eigenvalue weighted by Gasteiger charge is -2.20. The van der Waals surface area contributed by atoms with Gasteiger partial charge in [0.05, 0.1) is 23.7 Å². The van der Waals surface area contributed by atoms with Gasteiger partial charge in [-0.3, -0.25) is 9.59 Å². The Morgan fingerprint density at radius 1 is 1.07 bits per heavy atom. The number of nitrogens with zero attached hydrogens (tertiary/aromatic N) is 1. The van der Waals surface area contributed by atoms with E-state index in [0.29, 0.717) is 17.5 Å². The van der Waals surface area contributed by atoms with Crippen LogP contribution in [0.1, 0.15) is 10.4 Å². The lowest BCUT2D eigenvalue weighted by atomic mass is 10.1. The minimum atomic E-state index is -5.00. The summed E-state index contributed by atoms with van der Waals surface area (Å²) >= 11 is 11.7. The van der Waals surface area contributed by atoms with Crippen molar-refractivity contribution in [2.75, 3.05) is 18.6 Å². The van der Waals surface area contributed by atoms with Crippen LogP contribution in [-0.4, -0.2) is 31.4 Å². The summed E-state index contributed by atoms with van der Waals surface area (Å²) in [5.74, 6) is -1.94. The Hall–Kier alpha value is -2.51. The minimum absolute atomic E-state index is 0.173. The van der Waals surface area contributed by atoms with Gasteiger partial charge in [0.1, 0.15) is 5.75 Å². The average molecular weight is 432 g/mol. The molecule has 0 amide bonds. The number of alkyl halides is 3. The van der Waals surface area contributed by atoms with E-state index in [4.69, 9.17) is 27.9 Å². The van der Waals surface area contributed by atoms with Gasteiger partial charge in [-0.1, -0.05) is 23.2 Å². The zero-order valence-corrected chi connectivity index (χ0v) is 16.0.